The molecule has 124 valence electrons. The van der Waals surface area contributed by atoms with Gasteiger partial charge in [0.05, 0.1) is 0 Å². The molecule has 1 N–H and O–H groups in total. The van der Waals surface area contributed by atoms with Gasteiger partial charge in [0.1, 0.15) is 5.76 Å². The van der Waals surface area contributed by atoms with Crippen LogP contribution in [0, 0.1) is 13.8 Å². The third-order valence-electron chi connectivity index (χ3n) is 3.34. The van der Waals surface area contributed by atoms with Crippen LogP contribution in [0.3, 0.4) is 0 Å². The average molecular weight is 342 g/mol. The lowest BCUT2D eigenvalue weighted by Gasteiger charge is -2.08. The van der Waals surface area contributed by atoms with E-state index in [2.05, 4.69) is 34.5 Å². The van der Waals surface area contributed by atoms with Gasteiger partial charge in [-0.3, -0.25) is 9.36 Å². The summed E-state index contributed by atoms with van der Waals surface area (Å²) in [6.07, 6.45) is 4.06. The molecule has 2 aromatic heterocycles. The Labute approximate surface area is 144 Å². The van der Waals surface area contributed by atoms with Gasteiger partial charge in [0, 0.05) is 36.3 Å². The van der Waals surface area contributed by atoms with Gasteiger partial charge in [-0.15, -0.1) is 0 Å². The summed E-state index contributed by atoms with van der Waals surface area (Å²) in [6, 6.07) is 9.91. The van der Waals surface area contributed by atoms with Crippen molar-refractivity contribution in [3.63, 3.8) is 0 Å². The van der Waals surface area contributed by atoms with Crippen molar-refractivity contribution in [3.05, 3.63) is 54.0 Å². The molecule has 3 rings (SSSR count). The highest BCUT2D eigenvalue weighted by atomic mass is 32.2. The van der Waals surface area contributed by atoms with Crippen molar-refractivity contribution in [2.24, 2.45) is 0 Å². The quantitative estimate of drug-likeness (QED) is 0.693. The van der Waals surface area contributed by atoms with Crippen molar-refractivity contribution < 1.29 is 9.32 Å². The van der Waals surface area contributed by atoms with E-state index in [4.69, 9.17) is 4.52 Å². The van der Waals surface area contributed by atoms with E-state index in [0.29, 0.717) is 23.8 Å². The van der Waals surface area contributed by atoms with Crippen molar-refractivity contribution in [3.8, 4) is 5.69 Å². The highest BCUT2D eigenvalue weighted by molar-refractivity contribution is 7.99. The van der Waals surface area contributed by atoms with Crippen LogP contribution in [0.2, 0.25) is 0 Å². The number of amides is 1. The average Bonchev–Trinajstić information content (AvgIpc) is 3.16. The minimum absolute atomic E-state index is 0.0931. The molecule has 1 aromatic carbocycles. The molecule has 0 radical (unpaired) electrons. The van der Waals surface area contributed by atoms with Crippen LogP contribution in [-0.2, 0) is 4.79 Å². The van der Waals surface area contributed by atoms with Crippen LogP contribution in [0.4, 0.5) is 5.82 Å². The minimum atomic E-state index is -0.0931. The third-order valence-corrected chi connectivity index (χ3v) is 4.31. The van der Waals surface area contributed by atoms with Gasteiger partial charge in [-0.2, -0.15) is 0 Å². The number of benzene rings is 1. The zero-order valence-corrected chi connectivity index (χ0v) is 14.3. The van der Waals surface area contributed by atoms with E-state index >= 15 is 0 Å². The number of hydrogen-bond acceptors (Lipinski definition) is 5. The lowest BCUT2D eigenvalue weighted by atomic mass is 10.2. The lowest BCUT2D eigenvalue weighted by Crippen LogP contribution is -2.12. The summed E-state index contributed by atoms with van der Waals surface area (Å²) >= 11 is 1.55. The molecule has 0 atom stereocenters. The van der Waals surface area contributed by atoms with Crippen LogP contribution in [0.1, 0.15) is 17.7 Å². The molecule has 0 unspecified atom stereocenters. The number of thioether (sulfide) groups is 1. The van der Waals surface area contributed by atoms with Crippen LogP contribution in [0.25, 0.3) is 5.69 Å². The maximum Gasteiger partial charge on any atom is 0.226 e. The number of aryl methyl sites for hydroxylation is 2. The molecule has 7 heteroatoms. The summed E-state index contributed by atoms with van der Waals surface area (Å²) < 4.78 is 6.94. The maximum atomic E-state index is 11.9. The highest BCUT2D eigenvalue weighted by Crippen LogP contribution is 2.21. The first kappa shape index (κ1) is 16.3. The molecule has 0 saturated carbocycles. The summed E-state index contributed by atoms with van der Waals surface area (Å²) in [6.45, 7) is 3.84. The van der Waals surface area contributed by atoms with Gasteiger partial charge in [-0.25, -0.2) is 4.98 Å². The smallest absolute Gasteiger partial charge is 0.226 e. The molecule has 0 bridgehead atoms. The van der Waals surface area contributed by atoms with E-state index in [0.717, 1.165) is 10.8 Å². The molecule has 1 amide bonds. The van der Waals surface area contributed by atoms with Crippen LogP contribution < -0.4 is 5.32 Å². The molecule has 0 saturated heterocycles. The maximum absolute atomic E-state index is 11.9. The zero-order chi connectivity index (χ0) is 16.9. The fourth-order valence-electron chi connectivity index (χ4n) is 2.24. The number of aromatic nitrogens is 3. The molecule has 3 aromatic rings. The van der Waals surface area contributed by atoms with Crippen molar-refractivity contribution >= 4 is 23.5 Å². The number of anilines is 1. The van der Waals surface area contributed by atoms with E-state index < -0.39 is 0 Å². The molecule has 0 fully saturated rings. The van der Waals surface area contributed by atoms with Crippen LogP contribution in [0.5, 0.6) is 0 Å². The molecular weight excluding hydrogens is 324 g/mol. The fourth-order valence-corrected chi connectivity index (χ4v) is 3.15. The van der Waals surface area contributed by atoms with Gasteiger partial charge in [-0.1, -0.05) is 29.1 Å². The first-order chi connectivity index (χ1) is 11.6. The molecule has 0 aliphatic heterocycles. The van der Waals surface area contributed by atoms with Crippen molar-refractivity contribution in [2.75, 3.05) is 11.1 Å². The fraction of sp³-hybridized carbons (Fsp3) is 0.235. The number of carbonyl (C=O) groups excluding carboxylic acids is 1. The summed E-state index contributed by atoms with van der Waals surface area (Å²) in [7, 11) is 0. The first-order valence-corrected chi connectivity index (χ1v) is 8.57. The number of hydrogen-bond donors (Lipinski definition) is 1. The number of imidazole rings is 1. The molecule has 6 nitrogen and oxygen atoms in total. The number of nitrogens with zero attached hydrogens (tertiary/aromatic N) is 3. The van der Waals surface area contributed by atoms with E-state index in [1.54, 1.807) is 30.9 Å². The molecule has 24 heavy (non-hydrogen) atoms. The first-order valence-electron chi connectivity index (χ1n) is 7.58. The van der Waals surface area contributed by atoms with E-state index in [-0.39, 0.29) is 5.91 Å². The summed E-state index contributed by atoms with van der Waals surface area (Å²) in [5.41, 5.74) is 2.26. The second kappa shape index (κ2) is 7.35. The Balaban J connectivity index is 1.56. The summed E-state index contributed by atoms with van der Waals surface area (Å²) in [4.78, 5) is 16.3. The number of rotatable bonds is 6. The Kier molecular flexibility index (Phi) is 5.00. The van der Waals surface area contributed by atoms with Crippen LogP contribution in [-0.4, -0.2) is 26.4 Å². The van der Waals surface area contributed by atoms with Crippen LogP contribution in [0.15, 0.2) is 52.4 Å². The van der Waals surface area contributed by atoms with E-state index in [1.807, 2.05) is 22.9 Å². The van der Waals surface area contributed by atoms with Crippen molar-refractivity contribution in [1.29, 1.82) is 0 Å². The van der Waals surface area contributed by atoms with Gasteiger partial charge >= 0.3 is 0 Å². The van der Waals surface area contributed by atoms with Crippen molar-refractivity contribution in [1.82, 2.24) is 14.7 Å². The van der Waals surface area contributed by atoms with Gasteiger partial charge < -0.3 is 9.84 Å². The largest absolute Gasteiger partial charge is 0.360 e. The Morgan fingerprint density at radius 2 is 2.21 bits per heavy atom. The predicted octanol–water partition coefficient (Wildman–Crippen LogP) is 3.60. The zero-order valence-electron chi connectivity index (χ0n) is 13.5. The van der Waals surface area contributed by atoms with Gasteiger partial charge in [0.25, 0.3) is 0 Å². The Morgan fingerprint density at radius 1 is 1.33 bits per heavy atom. The normalized spacial score (nSPS) is 10.8. The SMILES string of the molecule is Cc1cccc(-n2ccnc2SCCC(=O)Nc2cc(C)on2)c1. The molecule has 2 heterocycles. The standard InChI is InChI=1S/C17H18N4O2S/c1-12-4-3-5-14(10-12)21-8-7-18-17(21)24-9-6-16(22)19-15-11-13(2)23-20-15/h3-5,7-8,10-11H,6,9H2,1-2H3,(H,19,20,22). The molecule has 0 aliphatic carbocycles. The van der Waals surface area contributed by atoms with Crippen molar-refractivity contribution in [2.45, 2.75) is 25.4 Å². The Hall–Kier alpha value is -2.54. The third kappa shape index (κ3) is 4.05. The van der Waals surface area contributed by atoms with E-state index in [1.165, 1.54) is 5.56 Å². The topological polar surface area (TPSA) is 73.0 Å². The molecular formula is C17H18N4O2S. The minimum Gasteiger partial charge on any atom is -0.360 e. The second-order valence-corrected chi connectivity index (χ2v) is 6.45. The highest BCUT2D eigenvalue weighted by Gasteiger charge is 2.09. The second-order valence-electron chi connectivity index (χ2n) is 5.39. The van der Waals surface area contributed by atoms with Gasteiger partial charge in [0.15, 0.2) is 11.0 Å². The lowest BCUT2D eigenvalue weighted by molar-refractivity contribution is -0.115. The number of carbonyl (C=O) groups is 1. The molecule has 0 aliphatic rings. The summed E-state index contributed by atoms with van der Waals surface area (Å²) in [5.74, 6) is 1.65. The van der Waals surface area contributed by atoms with E-state index in [9.17, 15) is 4.79 Å². The predicted molar refractivity (Wildman–Crippen MR) is 93.5 cm³/mol. The Bertz CT molecular complexity index is 840. The van der Waals surface area contributed by atoms with Crippen LogP contribution >= 0.6 is 11.8 Å². The van der Waals surface area contributed by atoms with Gasteiger partial charge in [-0.05, 0) is 31.5 Å². The monoisotopic (exact) mass is 342 g/mol. The molecule has 0 spiro atoms. The number of nitrogens with one attached hydrogen (secondary N) is 1. The Morgan fingerprint density at radius 3 is 2.96 bits per heavy atom. The van der Waals surface area contributed by atoms with Gasteiger partial charge in [0.2, 0.25) is 5.91 Å². The summed E-state index contributed by atoms with van der Waals surface area (Å²) in [5, 5.41) is 7.32.